The van der Waals surface area contributed by atoms with Crippen molar-refractivity contribution in [2.45, 2.75) is 32.7 Å². The zero-order valence-corrected chi connectivity index (χ0v) is 16.4. The van der Waals surface area contributed by atoms with E-state index in [1.165, 1.54) is 0 Å². The average molecular weight is 449 g/mol. The minimum atomic E-state index is 0.382. The van der Waals surface area contributed by atoms with Crippen LogP contribution >= 0.6 is 22.6 Å². The minimum absolute atomic E-state index is 0.382. The molecule has 1 aliphatic heterocycles. The number of nitriles is 1. The third-order valence-corrected chi connectivity index (χ3v) is 4.91. The number of hydrogen-bond acceptors (Lipinski definition) is 6. The van der Waals surface area contributed by atoms with Crippen molar-refractivity contribution < 1.29 is 4.74 Å². The van der Waals surface area contributed by atoms with E-state index in [1.54, 1.807) is 6.20 Å². The normalized spacial score (nSPS) is 14.8. The highest BCUT2D eigenvalue weighted by atomic mass is 127. The van der Waals surface area contributed by atoms with Crippen molar-refractivity contribution in [1.82, 2.24) is 15.3 Å². The van der Waals surface area contributed by atoms with Gasteiger partial charge < -0.3 is 15.4 Å². The Morgan fingerprint density at radius 1 is 1.28 bits per heavy atom. The number of aromatic nitrogens is 2. The van der Waals surface area contributed by atoms with Crippen molar-refractivity contribution in [3.05, 3.63) is 38.6 Å². The Morgan fingerprint density at radius 3 is 2.60 bits per heavy atom. The third-order valence-electron chi connectivity index (χ3n) is 4.17. The van der Waals surface area contributed by atoms with Crippen molar-refractivity contribution in [2.24, 2.45) is 0 Å². The lowest BCUT2D eigenvalue weighted by molar-refractivity contribution is 0.448. The summed E-state index contributed by atoms with van der Waals surface area (Å²) < 4.78 is 6.92. The Kier molecular flexibility index (Phi) is 5.71. The van der Waals surface area contributed by atoms with Gasteiger partial charge in [0.25, 0.3) is 0 Å². The minimum Gasteiger partial charge on any atom is -0.437 e. The number of rotatable bonds is 4. The maximum atomic E-state index is 9.08. The molecule has 25 heavy (non-hydrogen) atoms. The zero-order valence-electron chi connectivity index (χ0n) is 14.3. The summed E-state index contributed by atoms with van der Waals surface area (Å²) in [4.78, 5) is 8.92. The van der Waals surface area contributed by atoms with Crippen LogP contribution in [0.1, 0.15) is 29.5 Å². The van der Waals surface area contributed by atoms with Gasteiger partial charge in [-0.3, -0.25) is 0 Å². The van der Waals surface area contributed by atoms with Gasteiger partial charge in [0.05, 0.1) is 15.2 Å². The van der Waals surface area contributed by atoms with E-state index in [1.807, 2.05) is 26.0 Å². The van der Waals surface area contributed by atoms with E-state index in [0.29, 0.717) is 23.4 Å². The Labute approximate surface area is 161 Å². The van der Waals surface area contributed by atoms with Gasteiger partial charge in [-0.05, 0) is 85.6 Å². The molecule has 2 N–H and O–H groups in total. The first kappa shape index (κ1) is 17.9. The molecule has 1 aromatic heterocycles. The van der Waals surface area contributed by atoms with Gasteiger partial charge in [0.2, 0.25) is 11.8 Å². The molecule has 1 saturated heterocycles. The Morgan fingerprint density at radius 2 is 1.96 bits per heavy atom. The van der Waals surface area contributed by atoms with Gasteiger partial charge in [-0.25, -0.2) is 4.98 Å². The summed E-state index contributed by atoms with van der Waals surface area (Å²) in [5, 5.41) is 15.8. The fourth-order valence-corrected chi connectivity index (χ4v) is 3.28. The number of ether oxygens (including phenoxy) is 1. The lowest BCUT2D eigenvalue weighted by Gasteiger charge is -2.23. The molecule has 0 atom stereocenters. The summed E-state index contributed by atoms with van der Waals surface area (Å²) in [5.74, 6) is 1.86. The van der Waals surface area contributed by atoms with Crippen LogP contribution in [0.15, 0.2) is 18.3 Å². The first-order valence-corrected chi connectivity index (χ1v) is 9.33. The van der Waals surface area contributed by atoms with E-state index in [4.69, 9.17) is 10.00 Å². The smallest absolute Gasteiger partial charge is 0.237 e. The number of piperidine rings is 1. The van der Waals surface area contributed by atoms with E-state index < -0.39 is 0 Å². The number of aryl methyl sites for hydroxylation is 2. The van der Waals surface area contributed by atoms with Gasteiger partial charge in [-0.2, -0.15) is 10.2 Å². The molecule has 0 unspecified atom stereocenters. The predicted molar refractivity (Wildman–Crippen MR) is 105 cm³/mol. The molecule has 0 spiro atoms. The van der Waals surface area contributed by atoms with Crippen LogP contribution in [0.5, 0.6) is 11.6 Å². The van der Waals surface area contributed by atoms with Crippen molar-refractivity contribution in [2.75, 3.05) is 18.4 Å². The van der Waals surface area contributed by atoms with E-state index in [9.17, 15) is 0 Å². The Bertz CT molecular complexity index is 789. The van der Waals surface area contributed by atoms with Crippen LogP contribution in [-0.2, 0) is 0 Å². The molecular formula is C18H20IN5O. The topological polar surface area (TPSA) is 82.9 Å². The summed E-state index contributed by atoms with van der Waals surface area (Å²) in [5.41, 5.74) is 2.46. The standard InChI is InChI=1S/C18H20IN5O/c1-11-7-13(9-20)8-12(2)16(11)25-17-15(19)10-22-18(24-17)23-14-3-5-21-6-4-14/h7-8,10,14,21H,3-6H2,1-2H3,(H,22,23,24). The number of halogens is 1. The molecule has 0 saturated carbocycles. The molecule has 7 heteroatoms. The van der Waals surface area contributed by atoms with Crippen LogP contribution in [-0.4, -0.2) is 29.1 Å². The van der Waals surface area contributed by atoms with E-state index in [-0.39, 0.29) is 0 Å². The lowest BCUT2D eigenvalue weighted by atomic mass is 10.1. The molecule has 1 fully saturated rings. The molecule has 0 bridgehead atoms. The van der Waals surface area contributed by atoms with Gasteiger partial charge in [0.1, 0.15) is 5.75 Å². The summed E-state index contributed by atoms with van der Waals surface area (Å²) in [6.45, 7) is 5.89. The highest BCUT2D eigenvalue weighted by molar-refractivity contribution is 14.1. The number of anilines is 1. The SMILES string of the molecule is Cc1cc(C#N)cc(C)c1Oc1nc(NC2CCNCC2)ncc1I. The van der Waals surface area contributed by atoms with E-state index in [2.05, 4.69) is 49.3 Å². The van der Waals surface area contributed by atoms with Crippen LogP contribution in [0.4, 0.5) is 5.95 Å². The summed E-state index contributed by atoms with van der Waals surface area (Å²) in [6, 6.07) is 6.20. The van der Waals surface area contributed by atoms with Gasteiger partial charge in [-0.1, -0.05) is 0 Å². The molecule has 1 aromatic carbocycles. The lowest BCUT2D eigenvalue weighted by Crippen LogP contribution is -2.35. The van der Waals surface area contributed by atoms with Crippen LogP contribution in [0.25, 0.3) is 0 Å². The molecule has 130 valence electrons. The second-order valence-corrected chi connectivity index (χ2v) is 7.33. The highest BCUT2D eigenvalue weighted by Crippen LogP contribution is 2.31. The average Bonchev–Trinajstić information content (AvgIpc) is 2.61. The fraction of sp³-hybridized carbons (Fsp3) is 0.389. The van der Waals surface area contributed by atoms with Gasteiger partial charge in [0.15, 0.2) is 0 Å². The number of nitrogens with one attached hydrogen (secondary N) is 2. The summed E-state index contributed by atoms with van der Waals surface area (Å²) in [6.07, 6.45) is 3.87. The van der Waals surface area contributed by atoms with Gasteiger partial charge in [-0.15, -0.1) is 0 Å². The van der Waals surface area contributed by atoms with Crippen LogP contribution in [0.2, 0.25) is 0 Å². The number of benzene rings is 1. The molecule has 0 amide bonds. The van der Waals surface area contributed by atoms with Crippen molar-refractivity contribution in [3.8, 4) is 17.7 Å². The van der Waals surface area contributed by atoms with Gasteiger partial charge >= 0.3 is 0 Å². The number of nitrogens with zero attached hydrogens (tertiary/aromatic N) is 3. The molecular weight excluding hydrogens is 429 g/mol. The monoisotopic (exact) mass is 449 g/mol. The Hall–Kier alpha value is -1.92. The summed E-state index contributed by atoms with van der Waals surface area (Å²) in [7, 11) is 0. The van der Waals surface area contributed by atoms with Crippen LogP contribution in [0, 0.1) is 28.7 Å². The maximum Gasteiger partial charge on any atom is 0.237 e. The second-order valence-electron chi connectivity index (χ2n) is 6.17. The van der Waals surface area contributed by atoms with E-state index in [0.717, 1.165) is 46.4 Å². The van der Waals surface area contributed by atoms with Crippen LogP contribution < -0.4 is 15.4 Å². The van der Waals surface area contributed by atoms with Crippen molar-refractivity contribution in [1.29, 1.82) is 5.26 Å². The first-order chi connectivity index (χ1) is 12.1. The second kappa shape index (κ2) is 7.97. The molecule has 0 radical (unpaired) electrons. The molecule has 0 aliphatic carbocycles. The molecule has 1 aliphatic rings. The summed E-state index contributed by atoms with van der Waals surface area (Å²) >= 11 is 2.17. The molecule has 2 aromatic rings. The highest BCUT2D eigenvalue weighted by Gasteiger charge is 2.16. The van der Waals surface area contributed by atoms with Crippen LogP contribution in [0.3, 0.4) is 0 Å². The molecule has 3 rings (SSSR count). The third kappa shape index (κ3) is 4.38. The number of hydrogen-bond donors (Lipinski definition) is 2. The largest absolute Gasteiger partial charge is 0.437 e. The maximum absolute atomic E-state index is 9.08. The van der Waals surface area contributed by atoms with Crippen molar-refractivity contribution in [3.63, 3.8) is 0 Å². The van der Waals surface area contributed by atoms with E-state index >= 15 is 0 Å². The first-order valence-electron chi connectivity index (χ1n) is 8.26. The Balaban J connectivity index is 1.83. The fourth-order valence-electron chi connectivity index (χ4n) is 2.91. The van der Waals surface area contributed by atoms with Crippen molar-refractivity contribution >= 4 is 28.5 Å². The zero-order chi connectivity index (χ0) is 17.8. The van der Waals surface area contributed by atoms with Gasteiger partial charge in [0, 0.05) is 12.2 Å². The molecule has 6 nitrogen and oxygen atoms in total. The quantitative estimate of drug-likeness (QED) is 0.696. The molecule has 2 heterocycles. The predicted octanol–water partition coefficient (Wildman–Crippen LogP) is 3.53.